The molecule has 0 saturated heterocycles. The first-order valence-corrected chi connectivity index (χ1v) is 11.2. The van der Waals surface area contributed by atoms with E-state index >= 15 is 0 Å². The number of hydrogen-bond donors (Lipinski definition) is 2. The molecule has 0 aliphatic carbocycles. The lowest BCUT2D eigenvalue weighted by atomic mass is 10.1. The molecule has 5 nitrogen and oxygen atoms in total. The molecule has 0 radical (unpaired) electrons. The fourth-order valence-electron chi connectivity index (χ4n) is 2.99. The van der Waals surface area contributed by atoms with E-state index in [9.17, 15) is 14.0 Å². The number of thiophene rings is 1. The zero-order valence-corrected chi connectivity index (χ0v) is 17.7. The van der Waals surface area contributed by atoms with Crippen LogP contribution in [0.1, 0.15) is 12.5 Å². The van der Waals surface area contributed by atoms with E-state index in [0.29, 0.717) is 20.9 Å². The van der Waals surface area contributed by atoms with E-state index in [2.05, 4.69) is 22.2 Å². The van der Waals surface area contributed by atoms with Gasteiger partial charge in [0.1, 0.15) is 10.6 Å². The summed E-state index contributed by atoms with van der Waals surface area (Å²) in [5.41, 5.74) is 3.13. The molecule has 0 aliphatic heterocycles. The van der Waals surface area contributed by atoms with Crippen LogP contribution in [-0.4, -0.2) is 21.6 Å². The molecule has 0 fully saturated rings. The van der Waals surface area contributed by atoms with Crippen LogP contribution in [0.5, 0.6) is 0 Å². The molecule has 2 heterocycles. The van der Waals surface area contributed by atoms with Gasteiger partial charge in [-0.1, -0.05) is 43.0 Å². The highest BCUT2D eigenvalue weighted by Gasteiger charge is 2.14. The summed E-state index contributed by atoms with van der Waals surface area (Å²) in [4.78, 5) is 32.7. The SMILES string of the molecule is CCc1ccc(NC(=O)CSc2nc3scc(-c4ccc(F)cc4)c3c(=O)[nH]2)cc1. The number of aryl methyl sites for hydroxylation is 1. The molecule has 152 valence electrons. The molecule has 1 amide bonds. The number of nitrogens with one attached hydrogen (secondary N) is 2. The van der Waals surface area contributed by atoms with E-state index in [1.807, 2.05) is 29.6 Å². The molecule has 2 N–H and O–H groups in total. The summed E-state index contributed by atoms with van der Waals surface area (Å²) in [7, 11) is 0. The third-order valence-corrected chi connectivity index (χ3v) is 6.31. The highest BCUT2D eigenvalue weighted by Crippen LogP contribution is 2.31. The maximum Gasteiger partial charge on any atom is 0.260 e. The first kappa shape index (κ1) is 20.3. The van der Waals surface area contributed by atoms with Crippen molar-refractivity contribution < 1.29 is 9.18 Å². The molecular formula is C22H18FN3O2S2. The van der Waals surface area contributed by atoms with Gasteiger partial charge in [0.25, 0.3) is 5.56 Å². The number of thioether (sulfide) groups is 1. The van der Waals surface area contributed by atoms with Crippen LogP contribution in [0.4, 0.5) is 10.1 Å². The van der Waals surface area contributed by atoms with Crippen molar-refractivity contribution in [1.82, 2.24) is 9.97 Å². The first-order chi connectivity index (χ1) is 14.5. The van der Waals surface area contributed by atoms with E-state index in [-0.39, 0.29) is 23.0 Å². The standard InChI is InChI=1S/C22H18FN3O2S2/c1-2-13-3-9-16(10-4-13)24-18(27)12-30-22-25-20(28)19-17(11-29-21(19)26-22)14-5-7-15(23)8-6-14/h3-11H,2,12H2,1H3,(H,24,27)(H,25,26,28). The van der Waals surface area contributed by atoms with Crippen LogP contribution in [0.3, 0.4) is 0 Å². The largest absolute Gasteiger partial charge is 0.325 e. The third-order valence-electron chi connectivity index (χ3n) is 4.56. The summed E-state index contributed by atoms with van der Waals surface area (Å²) in [6.45, 7) is 2.07. The number of anilines is 1. The second-order valence-corrected chi connectivity index (χ2v) is 8.42. The molecule has 0 spiro atoms. The number of hydrogen-bond acceptors (Lipinski definition) is 5. The van der Waals surface area contributed by atoms with Crippen LogP contribution < -0.4 is 10.9 Å². The van der Waals surface area contributed by atoms with E-state index in [0.717, 1.165) is 17.7 Å². The Morgan fingerprint density at radius 1 is 1.17 bits per heavy atom. The minimum Gasteiger partial charge on any atom is -0.325 e. The molecule has 30 heavy (non-hydrogen) atoms. The van der Waals surface area contributed by atoms with Gasteiger partial charge in [-0.2, -0.15) is 0 Å². The Kier molecular flexibility index (Phi) is 5.96. The lowest BCUT2D eigenvalue weighted by molar-refractivity contribution is -0.113. The number of fused-ring (bicyclic) bond motifs is 1. The smallest absolute Gasteiger partial charge is 0.260 e. The van der Waals surface area contributed by atoms with Gasteiger partial charge in [0, 0.05) is 16.6 Å². The number of halogens is 1. The Bertz CT molecular complexity index is 1250. The summed E-state index contributed by atoms with van der Waals surface area (Å²) in [5, 5.41) is 5.53. The lowest BCUT2D eigenvalue weighted by Crippen LogP contribution is -2.15. The molecular weight excluding hydrogens is 421 g/mol. The molecule has 0 unspecified atom stereocenters. The maximum absolute atomic E-state index is 13.2. The molecule has 2 aromatic carbocycles. The molecule has 2 aromatic heterocycles. The van der Waals surface area contributed by atoms with Gasteiger partial charge >= 0.3 is 0 Å². The third kappa shape index (κ3) is 4.44. The van der Waals surface area contributed by atoms with E-state index in [4.69, 9.17) is 0 Å². The van der Waals surface area contributed by atoms with Crippen molar-refractivity contribution in [2.45, 2.75) is 18.5 Å². The second-order valence-electron chi connectivity index (χ2n) is 6.59. The number of amides is 1. The second kappa shape index (κ2) is 8.81. The van der Waals surface area contributed by atoms with Crippen molar-refractivity contribution in [3.05, 3.63) is 75.6 Å². The highest BCUT2D eigenvalue weighted by atomic mass is 32.2. The van der Waals surface area contributed by atoms with Crippen molar-refractivity contribution in [2.75, 3.05) is 11.1 Å². The van der Waals surface area contributed by atoms with E-state index < -0.39 is 0 Å². The molecule has 4 rings (SSSR count). The predicted octanol–water partition coefficient (Wildman–Crippen LogP) is 5.08. The molecule has 0 bridgehead atoms. The zero-order chi connectivity index (χ0) is 21.1. The Morgan fingerprint density at radius 2 is 1.90 bits per heavy atom. The van der Waals surface area contributed by atoms with Crippen LogP contribution in [-0.2, 0) is 11.2 Å². The van der Waals surface area contributed by atoms with Crippen molar-refractivity contribution in [2.24, 2.45) is 0 Å². The van der Waals surface area contributed by atoms with Gasteiger partial charge in [-0.25, -0.2) is 9.37 Å². The molecule has 4 aromatic rings. The number of rotatable bonds is 6. The highest BCUT2D eigenvalue weighted by molar-refractivity contribution is 7.99. The fraction of sp³-hybridized carbons (Fsp3) is 0.136. The predicted molar refractivity (Wildman–Crippen MR) is 121 cm³/mol. The number of nitrogens with zero attached hydrogens (tertiary/aromatic N) is 1. The number of aromatic amines is 1. The normalized spacial score (nSPS) is 11.0. The Hall–Kier alpha value is -2.97. The van der Waals surface area contributed by atoms with Gasteiger partial charge in [0.15, 0.2) is 5.16 Å². The summed E-state index contributed by atoms with van der Waals surface area (Å²) in [6.07, 6.45) is 0.942. The Labute approximate surface area is 180 Å². The van der Waals surface area contributed by atoms with Crippen LogP contribution in [0.15, 0.2) is 63.9 Å². The summed E-state index contributed by atoms with van der Waals surface area (Å²) >= 11 is 2.51. The van der Waals surface area contributed by atoms with Crippen LogP contribution >= 0.6 is 23.1 Å². The Balaban J connectivity index is 1.48. The monoisotopic (exact) mass is 439 g/mol. The van der Waals surface area contributed by atoms with Gasteiger partial charge in [0.05, 0.1) is 11.1 Å². The quantitative estimate of drug-likeness (QED) is 0.324. The van der Waals surface area contributed by atoms with Gasteiger partial charge in [-0.3, -0.25) is 9.59 Å². The summed E-state index contributed by atoms with van der Waals surface area (Å²) in [5.74, 6) is -0.381. The van der Waals surface area contributed by atoms with Crippen LogP contribution in [0.2, 0.25) is 0 Å². The minimum atomic E-state index is -0.330. The molecule has 8 heteroatoms. The van der Waals surface area contributed by atoms with Crippen molar-refractivity contribution in [3.63, 3.8) is 0 Å². The molecule has 0 atom stereocenters. The molecule has 0 aliphatic rings. The average molecular weight is 440 g/mol. The summed E-state index contributed by atoms with van der Waals surface area (Å²) in [6, 6.07) is 13.7. The minimum absolute atomic E-state index is 0.125. The van der Waals surface area contributed by atoms with Gasteiger partial charge in [-0.05, 0) is 41.8 Å². The van der Waals surface area contributed by atoms with Crippen LogP contribution in [0, 0.1) is 5.82 Å². The lowest BCUT2D eigenvalue weighted by Gasteiger charge is -2.06. The van der Waals surface area contributed by atoms with Crippen molar-refractivity contribution in [3.8, 4) is 11.1 Å². The van der Waals surface area contributed by atoms with Gasteiger partial charge in [-0.15, -0.1) is 11.3 Å². The number of benzene rings is 2. The number of H-pyrrole nitrogens is 1. The number of carbonyl (C=O) groups is 1. The zero-order valence-electron chi connectivity index (χ0n) is 16.1. The maximum atomic E-state index is 13.2. The molecule has 0 saturated carbocycles. The Morgan fingerprint density at radius 3 is 2.60 bits per heavy atom. The number of carbonyl (C=O) groups excluding carboxylic acids is 1. The average Bonchev–Trinajstić information content (AvgIpc) is 3.18. The fourth-order valence-corrected chi connectivity index (χ4v) is 4.66. The summed E-state index contributed by atoms with van der Waals surface area (Å²) < 4.78 is 13.2. The van der Waals surface area contributed by atoms with Gasteiger partial charge < -0.3 is 10.3 Å². The topological polar surface area (TPSA) is 74.8 Å². The van der Waals surface area contributed by atoms with Crippen molar-refractivity contribution >= 4 is 44.9 Å². The first-order valence-electron chi connectivity index (χ1n) is 9.32. The van der Waals surface area contributed by atoms with E-state index in [1.165, 1.54) is 40.8 Å². The van der Waals surface area contributed by atoms with E-state index in [1.54, 1.807) is 12.1 Å². The van der Waals surface area contributed by atoms with Crippen LogP contribution in [0.25, 0.3) is 21.3 Å². The number of aromatic nitrogens is 2. The van der Waals surface area contributed by atoms with Crippen molar-refractivity contribution in [1.29, 1.82) is 0 Å². The van der Waals surface area contributed by atoms with Gasteiger partial charge in [0.2, 0.25) is 5.91 Å².